The van der Waals surface area contributed by atoms with Crippen LogP contribution in [0.15, 0.2) is 29.5 Å². The number of hydrogen-bond donors (Lipinski definition) is 2. The molecule has 0 radical (unpaired) electrons. The van der Waals surface area contributed by atoms with Crippen molar-refractivity contribution in [3.8, 4) is 11.9 Å². The highest BCUT2D eigenvalue weighted by Crippen LogP contribution is 2.41. The van der Waals surface area contributed by atoms with Gasteiger partial charge in [-0.1, -0.05) is 0 Å². The number of aryl methyl sites for hydroxylation is 1. The fourth-order valence-corrected chi connectivity index (χ4v) is 3.00. The van der Waals surface area contributed by atoms with Crippen LogP contribution >= 0.6 is 0 Å². The van der Waals surface area contributed by atoms with Gasteiger partial charge >= 0.3 is 12.3 Å². The van der Waals surface area contributed by atoms with Gasteiger partial charge in [0.15, 0.2) is 0 Å². The Balaban J connectivity index is 1.84. The quantitative estimate of drug-likeness (QED) is 0.663. The fraction of sp³-hybridized carbons (Fsp3) is 0.350. The maximum Gasteiger partial charge on any atom is 0.424 e. The van der Waals surface area contributed by atoms with Gasteiger partial charge in [-0.05, 0) is 32.9 Å². The SMILES string of the molecule is Cc1cc(C#N)cnc1OC(=O)Nc1cc([C@]2(C)CO[C@@](C)(C(F)(F)F)C(N)=N2)c(F)cn1. The second-order valence-corrected chi connectivity index (χ2v) is 7.61. The van der Waals surface area contributed by atoms with Crippen LogP contribution in [0.3, 0.4) is 0 Å². The lowest BCUT2D eigenvalue weighted by Crippen LogP contribution is -2.60. The van der Waals surface area contributed by atoms with Crippen molar-refractivity contribution in [2.75, 3.05) is 11.9 Å². The Morgan fingerprint density at radius 1 is 1.30 bits per heavy atom. The predicted molar refractivity (Wildman–Crippen MR) is 107 cm³/mol. The number of nitrogens with zero attached hydrogens (tertiary/aromatic N) is 4. The fourth-order valence-electron chi connectivity index (χ4n) is 3.00. The third-order valence-corrected chi connectivity index (χ3v) is 5.05. The minimum Gasteiger partial charge on any atom is -0.391 e. The van der Waals surface area contributed by atoms with Gasteiger partial charge in [-0.2, -0.15) is 18.4 Å². The van der Waals surface area contributed by atoms with E-state index < -0.39 is 41.7 Å². The van der Waals surface area contributed by atoms with Gasteiger partial charge in [-0.15, -0.1) is 0 Å². The Bertz CT molecular complexity index is 1180. The van der Waals surface area contributed by atoms with E-state index in [1.807, 2.05) is 6.07 Å². The van der Waals surface area contributed by atoms with Crippen molar-refractivity contribution in [3.05, 3.63) is 47.0 Å². The van der Waals surface area contributed by atoms with Crippen LogP contribution in [-0.2, 0) is 10.3 Å². The first-order valence-electron chi connectivity index (χ1n) is 9.37. The van der Waals surface area contributed by atoms with Crippen molar-refractivity contribution in [2.24, 2.45) is 10.7 Å². The average molecular weight is 466 g/mol. The lowest BCUT2D eigenvalue weighted by molar-refractivity contribution is -0.249. The molecule has 0 bridgehead atoms. The molecule has 0 spiro atoms. The average Bonchev–Trinajstić information content (AvgIpc) is 2.73. The van der Waals surface area contributed by atoms with Crippen LogP contribution < -0.4 is 15.8 Å². The summed E-state index contributed by atoms with van der Waals surface area (Å²) in [5.74, 6) is -1.99. The van der Waals surface area contributed by atoms with Crippen molar-refractivity contribution in [2.45, 2.75) is 38.1 Å². The molecule has 2 aromatic heterocycles. The molecular formula is C20H18F4N6O3. The van der Waals surface area contributed by atoms with Gasteiger partial charge < -0.3 is 15.2 Å². The monoisotopic (exact) mass is 466 g/mol. The molecule has 3 rings (SSSR count). The van der Waals surface area contributed by atoms with Crippen molar-refractivity contribution in [3.63, 3.8) is 0 Å². The molecule has 0 saturated carbocycles. The van der Waals surface area contributed by atoms with Crippen LogP contribution in [0.5, 0.6) is 5.88 Å². The number of carbonyl (C=O) groups is 1. The number of aromatic nitrogens is 2. The maximum atomic E-state index is 14.5. The van der Waals surface area contributed by atoms with Crippen molar-refractivity contribution < 1.29 is 31.8 Å². The van der Waals surface area contributed by atoms with Gasteiger partial charge in [0.05, 0.1) is 18.4 Å². The van der Waals surface area contributed by atoms with Gasteiger partial charge in [0.1, 0.15) is 29.1 Å². The van der Waals surface area contributed by atoms with Crippen LogP contribution in [-0.4, -0.2) is 40.3 Å². The molecule has 3 N–H and O–H groups in total. The van der Waals surface area contributed by atoms with Crippen molar-refractivity contribution in [1.29, 1.82) is 5.26 Å². The van der Waals surface area contributed by atoms with E-state index in [-0.39, 0.29) is 22.8 Å². The van der Waals surface area contributed by atoms with Crippen molar-refractivity contribution >= 4 is 17.7 Å². The molecule has 1 amide bonds. The van der Waals surface area contributed by atoms with E-state index in [0.717, 1.165) is 19.2 Å². The minimum absolute atomic E-state index is 0.0645. The summed E-state index contributed by atoms with van der Waals surface area (Å²) in [5.41, 5.74) is 1.61. The number of amidine groups is 1. The molecule has 0 unspecified atom stereocenters. The summed E-state index contributed by atoms with van der Waals surface area (Å²) in [6, 6.07) is 4.45. The number of carbonyl (C=O) groups excluding carboxylic acids is 1. The number of amides is 1. The van der Waals surface area contributed by atoms with Gasteiger partial charge in [-0.3, -0.25) is 10.3 Å². The van der Waals surface area contributed by atoms with E-state index in [1.54, 1.807) is 6.92 Å². The summed E-state index contributed by atoms with van der Waals surface area (Å²) in [7, 11) is 0. The Hall–Kier alpha value is -3.79. The van der Waals surface area contributed by atoms with Crippen LogP contribution in [0.1, 0.15) is 30.5 Å². The predicted octanol–water partition coefficient (Wildman–Crippen LogP) is 3.33. The zero-order valence-electron chi connectivity index (χ0n) is 17.6. The molecule has 2 aromatic rings. The highest BCUT2D eigenvalue weighted by atomic mass is 19.4. The standard InChI is InChI=1S/C20H18F4N6O3/c1-10-4-11(6-25)7-28-15(10)33-17(31)29-14-5-12(13(21)8-27-14)18(2)9-32-19(3,16(26)30-18)20(22,23)24/h4-5,7-8H,9H2,1-3H3,(H2,26,30)(H,27,29,31)/t18-,19+/m0/s1. The number of halogens is 4. The number of hydrogen-bond acceptors (Lipinski definition) is 8. The number of nitrogens with one attached hydrogen (secondary N) is 1. The molecule has 0 saturated heterocycles. The second kappa shape index (κ2) is 8.28. The summed E-state index contributed by atoms with van der Waals surface area (Å²) in [4.78, 5) is 23.7. The third kappa shape index (κ3) is 4.56. The van der Waals surface area contributed by atoms with Gasteiger partial charge in [0.25, 0.3) is 0 Å². The lowest BCUT2D eigenvalue weighted by Gasteiger charge is -2.40. The minimum atomic E-state index is -4.83. The van der Waals surface area contributed by atoms with Crippen LogP contribution in [0.2, 0.25) is 0 Å². The molecular weight excluding hydrogens is 448 g/mol. The van der Waals surface area contributed by atoms with E-state index in [1.165, 1.54) is 19.2 Å². The molecule has 0 fully saturated rings. The zero-order valence-corrected chi connectivity index (χ0v) is 17.6. The smallest absolute Gasteiger partial charge is 0.391 e. The zero-order chi connectivity index (χ0) is 24.6. The number of nitriles is 1. The maximum absolute atomic E-state index is 14.5. The molecule has 13 heteroatoms. The highest BCUT2D eigenvalue weighted by molar-refractivity contribution is 5.90. The van der Waals surface area contributed by atoms with E-state index in [2.05, 4.69) is 20.3 Å². The summed E-state index contributed by atoms with van der Waals surface area (Å²) in [5, 5.41) is 11.1. The Kier molecular flexibility index (Phi) is 5.99. The normalized spacial score (nSPS) is 22.8. The Labute approximate surface area is 185 Å². The van der Waals surface area contributed by atoms with Crippen molar-refractivity contribution in [1.82, 2.24) is 9.97 Å². The molecule has 3 heterocycles. The third-order valence-electron chi connectivity index (χ3n) is 5.05. The highest BCUT2D eigenvalue weighted by Gasteiger charge is 2.59. The van der Waals surface area contributed by atoms with E-state index in [0.29, 0.717) is 5.56 Å². The van der Waals surface area contributed by atoms with Crippen LogP contribution in [0.25, 0.3) is 0 Å². The summed E-state index contributed by atoms with van der Waals surface area (Å²) >= 11 is 0. The molecule has 33 heavy (non-hydrogen) atoms. The Morgan fingerprint density at radius 3 is 2.58 bits per heavy atom. The van der Waals surface area contributed by atoms with Gasteiger partial charge in [0.2, 0.25) is 11.5 Å². The summed E-state index contributed by atoms with van der Waals surface area (Å²) < 4.78 is 64.5. The molecule has 0 aromatic carbocycles. The largest absolute Gasteiger partial charge is 0.424 e. The first-order chi connectivity index (χ1) is 15.3. The number of alkyl halides is 3. The van der Waals surface area contributed by atoms with Crippen LogP contribution in [0.4, 0.5) is 28.2 Å². The van der Waals surface area contributed by atoms with Gasteiger partial charge in [-0.25, -0.2) is 19.2 Å². The Morgan fingerprint density at radius 2 is 2.00 bits per heavy atom. The first-order valence-corrected chi connectivity index (χ1v) is 9.37. The molecule has 9 nitrogen and oxygen atoms in total. The first kappa shape index (κ1) is 23.9. The molecule has 1 aliphatic rings. The summed E-state index contributed by atoms with van der Waals surface area (Å²) in [6.45, 7) is 3.01. The lowest BCUT2D eigenvalue weighted by atomic mass is 9.90. The van der Waals surface area contributed by atoms with E-state index in [4.69, 9.17) is 20.5 Å². The molecule has 0 aliphatic carbocycles. The van der Waals surface area contributed by atoms with Crippen LogP contribution in [0, 0.1) is 24.1 Å². The number of pyridine rings is 2. The number of ether oxygens (including phenoxy) is 2. The molecule has 2 atom stereocenters. The number of aliphatic imine (C=N–C) groups is 1. The topological polar surface area (TPSA) is 136 Å². The van der Waals surface area contributed by atoms with E-state index in [9.17, 15) is 22.4 Å². The van der Waals surface area contributed by atoms with E-state index >= 15 is 0 Å². The summed E-state index contributed by atoms with van der Waals surface area (Å²) in [6.07, 6.45) is -3.86. The second-order valence-electron chi connectivity index (χ2n) is 7.61. The van der Waals surface area contributed by atoms with Gasteiger partial charge in [0, 0.05) is 17.3 Å². The molecule has 174 valence electrons. The molecule has 1 aliphatic heterocycles. The number of nitrogens with two attached hydrogens (primary N) is 1. The number of rotatable bonds is 3. The number of anilines is 1.